The second-order valence-electron chi connectivity index (χ2n) is 2.92. The third-order valence-electron chi connectivity index (χ3n) is 1.83. The summed E-state index contributed by atoms with van der Waals surface area (Å²) in [6, 6.07) is 4.18. The van der Waals surface area contributed by atoms with E-state index in [9.17, 15) is 0 Å². The van der Waals surface area contributed by atoms with E-state index in [-0.39, 0.29) is 0 Å². The first-order valence-corrected chi connectivity index (χ1v) is 7.10. The van der Waals surface area contributed by atoms with Gasteiger partial charge in [-0.3, -0.25) is 4.99 Å². The summed E-state index contributed by atoms with van der Waals surface area (Å²) in [5.41, 5.74) is 0. The van der Waals surface area contributed by atoms with E-state index in [2.05, 4.69) is 39.4 Å². The van der Waals surface area contributed by atoms with Crippen LogP contribution in [-0.2, 0) is 6.54 Å². The highest BCUT2D eigenvalue weighted by Crippen LogP contribution is 2.06. The fraction of sp³-hybridized carbons (Fsp3) is 0.500. The lowest BCUT2D eigenvalue weighted by Gasteiger charge is -2.10. The number of aliphatic imine (C=N–C) groups is 1. The van der Waals surface area contributed by atoms with Crippen molar-refractivity contribution >= 4 is 29.1 Å². The highest BCUT2D eigenvalue weighted by Gasteiger charge is 1.97. The summed E-state index contributed by atoms with van der Waals surface area (Å²) in [5.74, 6) is 1.97. The van der Waals surface area contributed by atoms with E-state index in [4.69, 9.17) is 0 Å². The monoisotopic (exact) mass is 243 g/mol. The zero-order valence-corrected chi connectivity index (χ0v) is 10.8. The van der Waals surface area contributed by atoms with Crippen LogP contribution in [-0.4, -0.2) is 31.6 Å². The highest BCUT2D eigenvalue weighted by atomic mass is 32.2. The lowest BCUT2D eigenvalue weighted by Crippen LogP contribution is -2.37. The van der Waals surface area contributed by atoms with Crippen molar-refractivity contribution in [3.63, 3.8) is 0 Å². The van der Waals surface area contributed by atoms with Crippen molar-refractivity contribution in [2.45, 2.75) is 6.54 Å². The Bertz CT molecular complexity index is 283. The Morgan fingerprint density at radius 1 is 1.53 bits per heavy atom. The van der Waals surface area contributed by atoms with Gasteiger partial charge >= 0.3 is 0 Å². The van der Waals surface area contributed by atoms with Crippen molar-refractivity contribution in [2.75, 3.05) is 25.6 Å². The minimum Gasteiger partial charge on any atom is -0.356 e. The van der Waals surface area contributed by atoms with E-state index < -0.39 is 0 Å². The number of thiophene rings is 1. The molecule has 1 aromatic heterocycles. The number of guanidine groups is 1. The number of nitrogens with one attached hydrogen (secondary N) is 2. The maximum Gasteiger partial charge on any atom is 0.191 e. The number of hydrogen-bond donors (Lipinski definition) is 2. The molecular formula is C10H17N3S2. The molecule has 5 heteroatoms. The van der Waals surface area contributed by atoms with Gasteiger partial charge in [-0.15, -0.1) is 11.3 Å². The van der Waals surface area contributed by atoms with Gasteiger partial charge in [0.15, 0.2) is 5.96 Å². The van der Waals surface area contributed by atoms with Gasteiger partial charge in [-0.1, -0.05) is 6.07 Å². The number of hydrogen-bond acceptors (Lipinski definition) is 3. The van der Waals surface area contributed by atoms with Crippen LogP contribution in [0.3, 0.4) is 0 Å². The fourth-order valence-electron chi connectivity index (χ4n) is 1.08. The molecule has 1 aromatic rings. The van der Waals surface area contributed by atoms with E-state index in [1.807, 2.05) is 11.8 Å². The molecule has 0 atom stereocenters. The first kappa shape index (κ1) is 12.4. The molecule has 0 unspecified atom stereocenters. The van der Waals surface area contributed by atoms with E-state index in [1.165, 1.54) is 4.88 Å². The summed E-state index contributed by atoms with van der Waals surface area (Å²) in [6.45, 7) is 1.79. The molecule has 0 bridgehead atoms. The van der Waals surface area contributed by atoms with Crippen LogP contribution in [0.15, 0.2) is 22.5 Å². The average molecular weight is 243 g/mol. The van der Waals surface area contributed by atoms with Crippen LogP contribution < -0.4 is 10.6 Å². The molecule has 0 saturated heterocycles. The first-order chi connectivity index (χ1) is 7.36. The Morgan fingerprint density at radius 3 is 3.00 bits per heavy atom. The predicted molar refractivity (Wildman–Crippen MR) is 70.9 cm³/mol. The molecule has 1 heterocycles. The fourth-order valence-corrected chi connectivity index (χ4v) is 2.03. The van der Waals surface area contributed by atoms with Gasteiger partial charge in [0, 0.05) is 24.2 Å². The zero-order valence-electron chi connectivity index (χ0n) is 9.12. The Hall–Kier alpha value is -0.680. The van der Waals surface area contributed by atoms with Crippen molar-refractivity contribution in [3.05, 3.63) is 22.4 Å². The summed E-state index contributed by atoms with van der Waals surface area (Å²) in [5, 5.41) is 8.61. The Morgan fingerprint density at radius 2 is 2.40 bits per heavy atom. The first-order valence-electron chi connectivity index (χ1n) is 4.82. The van der Waals surface area contributed by atoms with Crippen LogP contribution in [0.2, 0.25) is 0 Å². The van der Waals surface area contributed by atoms with E-state index >= 15 is 0 Å². The van der Waals surface area contributed by atoms with Gasteiger partial charge < -0.3 is 10.6 Å². The molecule has 0 aromatic carbocycles. The summed E-state index contributed by atoms with van der Waals surface area (Å²) in [4.78, 5) is 5.47. The lowest BCUT2D eigenvalue weighted by molar-refractivity contribution is 0.842. The molecule has 0 aliphatic heterocycles. The predicted octanol–water partition coefficient (Wildman–Crippen LogP) is 1.78. The third-order valence-corrected chi connectivity index (χ3v) is 3.32. The van der Waals surface area contributed by atoms with Gasteiger partial charge in [-0.2, -0.15) is 11.8 Å². The maximum absolute atomic E-state index is 4.15. The molecule has 0 radical (unpaired) electrons. The number of thioether (sulfide) groups is 1. The minimum absolute atomic E-state index is 0.844. The number of rotatable bonds is 5. The Labute approximate surface area is 99.4 Å². The normalized spacial score (nSPS) is 11.5. The Kier molecular flexibility index (Phi) is 6.27. The summed E-state index contributed by atoms with van der Waals surface area (Å²) in [6.07, 6.45) is 2.10. The second kappa shape index (κ2) is 7.59. The van der Waals surface area contributed by atoms with Crippen LogP contribution in [0.25, 0.3) is 0 Å². The van der Waals surface area contributed by atoms with Crippen LogP contribution in [0.5, 0.6) is 0 Å². The summed E-state index contributed by atoms with van der Waals surface area (Å²) < 4.78 is 0. The molecule has 0 spiro atoms. The highest BCUT2D eigenvalue weighted by molar-refractivity contribution is 7.98. The van der Waals surface area contributed by atoms with Gasteiger partial charge in [-0.25, -0.2) is 0 Å². The summed E-state index contributed by atoms with van der Waals surface area (Å²) in [7, 11) is 1.79. The van der Waals surface area contributed by atoms with E-state index in [0.29, 0.717) is 0 Å². The lowest BCUT2D eigenvalue weighted by atomic mass is 10.5. The van der Waals surface area contributed by atoms with Crippen LogP contribution in [0.4, 0.5) is 0 Å². The molecule has 1 rings (SSSR count). The topological polar surface area (TPSA) is 36.4 Å². The third kappa shape index (κ3) is 5.09. The van der Waals surface area contributed by atoms with Gasteiger partial charge in [0.1, 0.15) is 0 Å². The van der Waals surface area contributed by atoms with Crippen molar-refractivity contribution < 1.29 is 0 Å². The zero-order chi connectivity index (χ0) is 10.9. The summed E-state index contributed by atoms with van der Waals surface area (Å²) >= 11 is 3.58. The molecule has 0 aliphatic rings. The van der Waals surface area contributed by atoms with Crippen molar-refractivity contribution in [1.29, 1.82) is 0 Å². The molecule has 84 valence electrons. The van der Waals surface area contributed by atoms with E-state index in [0.717, 1.165) is 24.8 Å². The van der Waals surface area contributed by atoms with Crippen LogP contribution in [0, 0.1) is 0 Å². The Balaban J connectivity index is 2.23. The molecule has 0 saturated carbocycles. The molecule has 3 nitrogen and oxygen atoms in total. The smallest absolute Gasteiger partial charge is 0.191 e. The molecule has 0 amide bonds. The number of nitrogens with zero attached hydrogens (tertiary/aromatic N) is 1. The van der Waals surface area contributed by atoms with Crippen molar-refractivity contribution in [2.24, 2.45) is 4.99 Å². The van der Waals surface area contributed by atoms with Crippen LogP contribution >= 0.6 is 23.1 Å². The quantitative estimate of drug-likeness (QED) is 0.470. The molecule has 0 fully saturated rings. The van der Waals surface area contributed by atoms with Crippen molar-refractivity contribution in [1.82, 2.24) is 10.6 Å². The molecule has 0 aliphatic carbocycles. The largest absolute Gasteiger partial charge is 0.356 e. The second-order valence-corrected chi connectivity index (χ2v) is 4.94. The van der Waals surface area contributed by atoms with Gasteiger partial charge in [0.2, 0.25) is 0 Å². The SMILES string of the molecule is CN=C(NCCSC)NCc1cccs1. The van der Waals surface area contributed by atoms with Crippen molar-refractivity contribution in [3.8, 4) is 0 Å². The van der Waals surface area contributed by atoms with E-state index in [1.54, 1.807) is 18.4 Å². The van der Waals surface area contributed by atoms with Gasteiger partial charge in [0.05, 0.1) is 6.54 Å². The molecule has 2 N–H and O–H groups in total. The van der Waals surface area contributed by atoms with Gasteiger partial charge in [-0.05, 0) is 17.7 Å². The minimum atomic E-state index is 0.844. The maximum atomic E-state index is 4.15. The average Bonchev–Trinajstić information content (AvgIpc) is 2.76. The molecular weight excluding hydrogens is 226 g/mol. The van der Waals surface area contributed by atoms with Gasteiger partial charge in [0.25, 0.3) is 0 Å². The van der Waals surface area contributed by atoms with Crippen LogP contribution in [0.1, 0.15) is 4.88 Å². The molecule has 15 heavy (non-hydrogen) atoms. The standard InChI is InChI=1S/C10H17N3S2/c1-11-10(12-5-7-14-2)13-8-9-4-3-6-15-9/h3-4,6H,5,7-8H2,1-2H3,(H2,11,12,13).